The normalized spacial score (nSPS) is 11.4. The van der Waals surface area contributed by atoms with Crippen molar-refractivity contribution in [3.05, 3.63) is 194 Å². The van der Waals surface area contributed by atoms with Gasteiger partial charge in [-0.15, -0.1) is 0 Å². The Hall–Kier alpha value is -7.17. The fourth-order valence-corrected chi connectivity index (χ4v) is 7.32. The highest BCUT2D eigenvalue weighted by Gasteiger charge is 2.21. The Morgan fingerprint density at radius 1 is 0.377 bits per heavy atom. The fraction of sp³-hybridized carbons (Fsp3) is 0. The summed E-state index contributed by atoms with van der Waals surface area (Å²) < 4.78 is 13.0. The highest BCUT2D eigenvalue weighted by molar-refractivity contribution is 6.20. The van der Waals surface area contributed by atoms with Crippen molar-refractivity contribution < 1.29 is 8.83 Å². The molecule has 0 unspecified atom stereocenters. The SMILES string of the molecule is c1ccc(-c2cccc(-c3ccc(N(c4ccccc4)c4ccc(-c5cc6nc(-c7ccccc7)oc6c6c5oc5ccccc56)cc4)cc3)c2)cc1. The van der Waals surface area contributed by atoms with Gasteiger partial charge < -0.3 is 13.7 Å². The molecule has 10 rings (SSSR count). The lowest BCUT2D eigenvalue weighted by Gasteiger charge is -2.26. The van der Waals surface area contributed by atoms with E-state index in [0.29, 0.717) is 5.89 Å². The third-order valence-corrected chi connectivity index (χ3v) is 9.90. The zero-order valence-electron chi connectivity index (χ0n) is 28.7. The number of rotatable bonds is 7. The van der Waals surface area contributed by atoms with E-state index < -0.39 is 0 Å². The van der Waals surface area contributed by atoms with Crippen LogP contribution < -0.4 is 4.90 Å². The summed E-state index contributed by atoms with van der Waals surface area (Å²) in [5, 5.41) is 1.94. The highest BCUT2D eigenvalue weighted by atomic mass is 16.4. The average Bonchev–Trinajstić information content (AvgIpc) is 3.85. The minimum atomic E-state index is 0.591. The zero-order chi connectivity index (χ0) is 35.1. The predicted molar refractivity (Wildman–Crippen MR) is 218 cm³/mol. The lowest BCUT2D eigenvalue weighted by Crippen LogP contribution is -2.09. The van der Waals surface area contributed by atoms with E-state index in [1.165, 1.54) is 22.3 Å². The number of furan rings is 1. The van der Waals surface area contributed by atoms with Crippen LogP contribution in [0.15, 0.2) is 203 Å². The first-order valence-corrected chi connectivity index (χ1v) is 17.8. The van der Waals surface area contributed by atoms with Crippen molar-refractivity contribution in [2.45, 2.75) is 0 Å². The van der Waals surface area contributed by atoms with Crippen molar-refractivity contribution in [2.75, 3.05) is 4.90 Å². The van der Waals surface area contributed by atoms with Crippen LogP contribution in [0.2, 0.25) is 0 Å². The highest BCUT2D eigenvalue weighted by Crippen LogP contribution is 2.43. The van der Waals surface area contributed by atoms with E-state index in [1.807, 2.05) is 48.5 Å². The summed E-state index contributed by atoms with van der Waals surface area (Å²) in [6.07, 6.45) is 0. The van der Waals surface area contributed by atoms with E-state index in [2.05, 4.69) is 150 Å². The van der Waals surface area contributed by atoms with Crippen molar-refractivity contribution in [1.82, 2.24) is 4.98 Å². The molecule has 4 nitrogen and oxygen atoms in total. The van der Waals surface area contributed by atoms with E-state index in [4.69, 9.17) is 13.8 Å². The third-order valence-electron chi connectivity index (χ3n) is 9.90. The Balaban J connectivity index is 1.05. The number of para-hydroxylation sites is 2. The maximum atomic E-state index is 6.56. The standard InChI is InChI=1S/C49H32N2O2/c1-4-13-33(14-5-1)37-17-12-18-38(31-37)34-23-27-40(28-24-34)51(39-19-8-3-9-20-39)41-29-25-35(26-30-41)43-32-44-48(53-49(50-44)36-15-6-2-7-16-36)46-42-21-10-11-22-45(42)52-47(43)46/h1-32H. The van der Waals surface area contributed by atoms with E-state index in [-0.39, 0.29) is 0 Å². The predicted octanol–water partition coefficient (Wildman–Crippen LogP) is 13.9. The van der Waals surface area contributed by atoms with Gasteiger partial charge in [-0.25, -0.2) is 4.98 Å². The van der Waals surface area contributed by atoms with Gasteiger partial charge in [0, 0.05) is 33.6 Å². The van der Waals surface area contributed by atoms with E-state index >= 15 is 0 Å². The minimum absolute atomic E-state index is 0.591. The van der Waals surface area contributed by atoms with Gasteiger partial charge in [-0.2, -0.15) is 0 Å². The Bertz CT molecular complexity index is 2860. The van der Waals surface area contributed by atoms with Gasteiger partial charge in [0.25, 0.3) is 0 Å². The second kappa shape index (κ2) is 12.9. The van der Waals surface area contributed by atoms with Crippen LogP contribution in [0.1, 0.15) is 0 Å². The van der Waals surface area contributed by atoms with E-state index in [0.717, 1.165) is 66.8 Å². The molecule has 0 aliphatic heterocycles. The quantitative estimate of drug-likeness (QED) is 0.168. The van der Waals surface area contributed by atoms with Gasteiger partial charge in [-0.1, -0.05) is 127 Å². The molecule has 0 bridgehead atoms. The molecule has 0 radical (unpaired) electrons. The van der Waals surface area contributed by atoms with Crippen molar-refractivity contribution in [3.8, 4) is 44.8 Å². The van der Waals surface area contributed by atoms with Crippen LogP contribution in [0.4, 0.5) is 17.1 Å². The summed E-state index contributed by atoms with van der Waals surface area (Å²) >= 11 is 0. The van der Waals surface area contributed by atoms with Gasteiger partial charge in [0.15, 0.2) is 5.58 Å². The second-order valence-corrected chi connectivity index (χ2v) is 13.2. The first kappa shape index (κ1) is 30.6. The van der Waals surface area contributed by atoms with Crippen molar-refractivity contribution >= 4 is 50.1 Å². The maximum Gasteiger partial charge on any atom is 0.227 e. The molecule has 8 aromatic carbocycles. The largest absolute Gasteiger partial charge is 0.455 e. The monoisotopic (exact) mass is 680 g/mol. The number of anilines is 3. The fourth-order valence-electron chi connectivity index (χ4n) is 7.32. The molecular weight excluding hydrogens is 649 g/mol. The molecule has 250 valence electrons. The minimum Gasteiger partial charge on any atom is -0.455 e. The molecule has 2 aromatic heterocycles. The van der Waals surface area contributed by atoms with Gasteiger partial charge in [-0.05, 0) is 94.5 Å². The number of benzene rings is 8. The molecule has 0 fully saturated rings. The number of nitrogens with zero attached hydrogens (tertiary/aromatic N) is 2. The first-order valence-electron chi connectivity index (χ1n) is 17.8. The molecule has 2 heterocycles. The molecule has 0 spiro atoms. The lowest BCUT2D eigenvalue weighted by atomic mass is 9.98. The molecule has 4 heteroatoms. The summed E-state index contributed by atoms with van der Waals surface area (Å²) in [6.45, 7) is 0. The molecular formula is C49H32N2O2. The summed E-state index contributed by atoms with van der Waals surface area (Å²) in [5.41, 5.74) is 14.0. The van der Waals surface area contributed by atoms with Gasteiger partial charge in [0.1, 0.15) is 16.7 Å². The van der Waals surface area contributed by atoms with Crippen LogP contribution in [0.3, 0.4) is 0 Å². The number of fused-ring (bicyclic) bond motifs is 5. The Labute approximate surface area is 306 Å². The summed E-state index contributed by atoms with van der Waals surface area (Å²) in [7, 11) is 0. The molecule has 0 saturated carbocycles. The molecule has 0 atom stereocenters. The molecule has 53 heavy (non-hydrogen) atoms. The molecule has 0 saturated heterocycles. The van der Waals surface area contributed by atoms with Crippen LogP contribution in [0.25, 0.3) is 77.9 Å². The van der Waals surface area contributed by atoms with Crippen molar-refractivity contribution in [1.29, 1.82) is 0 Å². The zero-order valence-corrected chi connectivity index (χ0v) is 28.7. The number of hydrogen-bond acceptors (Lipinski definition) is 4. The Kier molecular flexibility index (Phi) is 7.43. The smallest absolute Gasteiger partial charge is 0.227 e. The lowest BCUT2D eigenvalue weighted by molar-refractivity contribution is 0.622. The molecule has 10 aromatic rings. The summed E-state index contributed by atoms with van der Waals surface area (Å²) in [4.78, 5) is 7.25. The summed E-state index contributed by atoms with van der Waals surface area (Å²) in [6, 6.07) is 67.5. The average molecular weight is 681 g/mol. The number of hydrogen-bond donors (Lipinski definition) is 0. The number of oxazole rings is 1. The first-order chi connectivity index (χ1) is 26.3. The van der Waals surface area contributed by atoms with E-state index in [1.54, 1.807) is 0 Å². The van der Waals surface area contributed by atoms with Gasteiger partial charge in [0.2, 0.25) is 5.89 Å². The van der Waals surface area contributed by atoms with Gasteiger partial charge in [-0.3, -0.25) is 0 Å². The van der Waals surface area contributed by atoms with Crippen molar-refractivity contribution in [3.63, 3.8) is 0 Å². The van der Waals surface area contributed by atoms with Crippen LogP contribution in [-0.4, -0.2) is 4.98 Å². The Morgan fingerprint density at radius 3 is 1.58 bits per heavy atom. The third kappa shape index (κ3) is 5.54. The van der Waals surface area contributed by atoms with Crippen LogP contribution in [-0.2, 0) is 0 Å². The van der Waals surface area contributed by atoms with Crippen LogP contribution in [0.5, 0.6) is 0 Å². The van der Waals surface area contributed by atoms with Crippen LogP contribution >= 0.6 is 0 Å². The molecule has 0 amide bonds. The van der Waals surface area contributed by atoms with Gasteiger partial charge in [0.05, 0.1) is 5.39 Å². The molecule has 0 N–H and O–H groups in total. The second-order valence-electron chi connectivity index (χ2n) is 13.2. The van der Waals surface area contributed by atoms with E-state index in [9.17, 15) is 0 Å². The molecule has 0 aliphatic rings. The summed E-state index contributed by atoms with van der Waals surface area (Å²) in [5.74, 6) is 0.591. The van der Waals surface area contributed by atoms with Crippen molar-refractivity contribution in [2.24, 2.45) is 0 Å². The maximum absolute atomic E-state index is 6.56. The topological polar surface area (TPSA) is 42.4 Å². The molecule has 0 aliphatic carbocycles. The van der Waals surface area contributed by atoms with Crippen LogP contribution in [0, 0.1) is 0 Å². The van der Waals surface area contributed by atoms with Gasteiger partial charge >= 0.3 is 0 Å². The number of aromatic nitrogens is 1. The Morgan fingerprint density at radius 2 is 0.906 bits per heavy atom.